The van der Waals surface area contributed by atoms with Crippen LogP contribution in [0.25, 0.3) is 0 Å². The highest BCUT2D eigenvalue weighted by molar-refractivity contribution is 6.00. The molecule has 0 radical (unpaired) electrons. The van der Waals surface area contributed by atoms with E-state index in [-0.39, 0.29) is 36.9 Å². The third kappa shape index (κ3) is 4.71. The molecule has 2 heterocycles. The number of hydrogen-bond acceptors (Lipinski definition) is 3. The summed E-state index contributed by atoms with van der Waals surface area (Å²) in [5, 5.41) is 2.89. The van der Waals surface area contributed by atoms with Crippen LogP contribution in [0.2, 0.25) is 0 Å². The van der Waals surface area contributed by atoms with Crippen LogP contribution < -0.4 is 5.32 Å². The fourth-order valence-corrected chi connectivity index (χ4v) is 5.78. The molecule has 0 saturated carbocycles. The molecule has 5 rings (SSSR count). The van der Waals surface area contributed by atoms with Crippen molar-refractivity contribution in [2.45, 2.75) is 57.4 Å². The first-order chi connectivity index (χ1) is 17.6. The van der Waals surface area contributed by atoms with Gasteiger partial charge in [0.05, 0.1) is 13.1 Å². The number of amides is 3. The van der Waals surface area contributed by atoms with Crippen molar-refractivity contribution in [3.63, 3.8) is 0 Å². The van der Waals surface area contributed by atoms with Gasteiger partial charge in [0.1, 0.15) is 35.9 Å². The standard InChI is InChI=1S/C28H30F3N3O3/c1-15(2)9-23-26(35)32-24(18-10-16-5-3-4-6-17(16)11-18)27(36)34(23)25(28(37)33-13-20(30)14-33)21-8-7-19(29)12-22(21)31/h3-8,12,15,18,20,23-25H,9-11,13-14H2,1-2H3,(H,32,35)/t23-,24-,25?/m1/s1. The highest BCUT2D eigenvalue weighted by atomic mass is 19.1. The van der Waals surface area contributed by atoms with Gasteiger partial charge in [-0.25, -0.2) is 13.2 Å². The number of fused-ring (bicyclic) bond motifs is 1. The number of carbonyl (C=O) groups is 3. The molecule has 2 aromatic carbocycles. The van der Waals surface area contributed by atoms with Crippen LogP contribution in [0, 0.1) is 23.5 Å². The number of benzene rings is 2. The van der Waals surface area contributed by atoms with Gasteiger partial charge >= 0.3 is 0 Å². The van der Waals surface area contributed by atoms with Gasteiger partial charge in [0.2, 0.25) is 17.7 Å². The number of piperazine rings is 1. The van der Waals surface area contributed by atoms with E-state index in [2.05, 4.69) is 5.32 Å². The van der Waals surface area contributed by atoms with Crippen molar-refractivity contribution in [2.75, 3.05) is 13.1 Å². The zero-order chi connectivity index (χ0) is 26.4. The molecule has 2 saturated heterocycles. The summed E-state index contributed by atoms with van der Waals surface area (Å²) in [6.45, 7) is 3.41. The molecule has 1 unspecified atom stereocenters. The normalized spacial score (nSPS) is 23.2. The molecule has 3 aliphatic rings. The maximum atomic E-state index is 15.1. The summed E-state index contributed by atoms with van der Waals surface area (Å²) in [6, 6.07) is 7.16. The van der Waals surface area contributed by atoms with E-state index in [4.69, 9.17) is 0 Å². The summed E-state index contributed by atoms with van der Waals surface area (Å²) in [5.74, 6) is -3.66. The first kappa shape index (κ1) is 25.3. The van der Waals surface area contributed by atoms with E-state index >= 15 is 4.39 Å². The van der Waals surface area contributed by atoms with Crippen LogP contribution in [0.15, 0.2) is 42.5 Å². The second-order valence-electron chi connectivity index (χ2n) is 10.7. The van der Waals surface area contributed by atoms with E-state index in [0.29, 0.717) is 18.9 Å². The molecule has 0 bridgehead atoms. The smallest absolute Gasteiger partial charge is 0.250 e. The third-order valence-corrected chi connectivity index (χ3v) is 7.62. The summed E-state index contributed by atoms with van der Waals surface area (Å²) < 4.78 is 42.6. The van der Waals surface area contributed by atoms with Crippen LogP contribution in [0.3, 0.4) is 0 Å². The molecular formula is C28H30F3N3O3. The van der Waals surface area contributed by atoms with Crippen LogP contribution in [0.4, 0.5) is 13.2 Å². The van der Waals surface area contributed by atoms with Gasteiger partial charge < -0.3 is 15.1 Å². The topological polar surface area (TPSA) is 69.7 Å². The number of alkyl halides is 1. The maximum Gasteiger partial charge on any atom is 0.250 e. The predicted molar refractivity (Wildman–Crippen MR) is 130 cm³/mol. The van der Waals surface area contributed by atoms with Gasteiger partial charge in [-0.2, -0.15) is 0 Å². The molecule has 0 spiro atoms. The highest BCUT2D eigenvalue weighted by Crippen LogP contribution is 2.37. The van der Waals surface area contributed by atoms with Gasteiger partial charge in [0, 0.05) is 11.6 Å². The van der Waals surface area contributed by atoms with Crippen molar-refractivity contribution in [2.24, 2.45) is 11.8 Å². The lowest BCUT2D eigenvalue weighted by atomic mass is 9.87. The SMILES string of the molecule is CC(C)C[C@@H]1C(=O)N[C@H](C2Cc3ccccc3C2)C(=O)N1C(C(=O)N1CC(F)C1)c1ccc(F)cc1F. The summed E-state index contributed by atoms with van der Waals surface area (Å²) in [6.07, 6.45) is 0.191. The van der Waals surface area contributed by atoms with Gasteiger partial charge in [-0.1, -0.05) is 44.2 Å². The Bertz CT molecular complexity index is 1210. The number of nitrogens with one attached hydrogen (secondary N) is 1. The van der Waals surface area contributed by atoms with Crippen molar-refractivity contribution in [3.05, 3.63) is 70.8 Å². The lowest BCUT2D eigenvalue weighted by molar-refractivity contribution is -0.162. The van der Waals surface area contributed by atoms with Crippen molar-refractivity contribution >= 4 is 17.7 Å². The molecule has 3 atom stereocenters. The van der Waals surface area contributed by atoms with E-state index in [1.807, 2.05) is 38.1 Å². The number of halogens is 3. The lowest BCUT2D eigenvalue weighted by Gasteiger charge is -2.47. The lowest BCUT2D eigenvalue weighted by Crippen LogP contribution is -2.68. The Balaban J connectivity index is 1.56. The third-order valence-electron chi connectivity index (χ3n) is 7.62. The fraction of sp³-hybridized carbons (Fsp3) is 0.464. The monoisotopic (exact) mass is 513 g/mol. The second kappa shape index (κ2) is 9.84. The molecule has 2 fully saturated rings. The first-order valence-electron chi connectivity index (χ1n) is 12.7. The molecular weight excluding hydrogens is 483 g/mol. The van der Waals surface area contributed by atoms with Crippen LogP contribution in [-0.2, 0) is 27.2 Å². The maximum absolute atomic E-state index is 15.1. The zero-order valence-electron chi connectivity index (χ0n) is 20.8. The van der Waals surface area contributed by atoms with E-state index in [1.54, 1.807) is 0 Å². The summed E-state index contributed by atoms with van der Waals surface area (Å²) in [7, 11) is 0. The van der Waals surface area contributed by atoms with Gasteiger partial charge in [0.25, 0.3) is 0 Å². The van der Waals surface area contributed by atoms with Crippen LogP contribution in [-0.4, -0.2) is 58.9 Å². The molecule has 196 valence electrons. The van der Waals surface area contributed by atoms with Crippen LogP contribution in [0.5, 0.6) is 0 Å². The Morgan fingerprint density at radius 2 is 1.70 bits per heavy atom. The van der Waals surface area contributed by atoms with E-state index < -0.39 is 53.7 Å². The Morgan fingerprint density at radius 3 is 2.27 bits per heavy atom. The summed E-state index contributed by atoms with van der Waals surface area (Å²) >= 11 is 0. The molecule has 0 aromatic heterocycles. The largest absolute Gasteiger partial charge is 0.342 e. The van der Waals surface area contributed by atoms with Crippen LogP contribution >= 0.6 is 0 Å². The molecule has 37 heavy (non-hydrogen) atoms. The fourth-order valence-electron chi connectivity index (χ4n) is 5.78. The minimum absolute atomic E-state index is 0.0219. The Hall–Kier alpha value is -3.36. The number of likely N-dealkylation sites (tertiary alicyclic amines) is 1. The van der Waals surface area contributed by atoms with Crippen LogP contribution in [0.1, 0.15) is 43.0 Å². The van der Waals surface area contributed by atoms with E-state index in [0.717, 1.165) is 23.3 Å². The Kier molecular flexibility index (Phi) is 6.72. The Morgan fingerprint density at radius 1 is 1.05 bits per heavy atom. The molecule has 1 aliphatic carbocycles. The average molecular weight is 514 g/mol. The minimum Gasteiger partial charge on any atom is -0.342 e. The van der Waals surface area contributed by atoms with E-state index in [1.165, 1.54) is 9.80 Å². The number of carbonyl (C=O) groups excluding carboxylic acids is 3. The van der Waals surface area contributed by atoms with Gasteiger partial charge in [-0.15, -0.1) is 0 Å². The summed E-state index contributed by atoms with van der Waals surface area (Å²) in [4.78, 5) is 43.7. The highest BCUT2D eigenvalue weighted by Gasteiger charge is 2.51. The predicted octanol–water partition coefficient (Wildman–Crippen LogP) is 3.34. The van der Waals surface area contributed by atoms with Crippen molar-refractivity contribution < 1.29 is 27.6 Å². The average Bonchev–Trinajstić information content (AvgIpc) is 3.25. The van der Waals surface area contributed by atoms with E-state index in [9.17, 15) is 23.2 Å². The quantitative estimate of drug-likeness (QED) is 0.644. The first-order valence-corrected chi connectivity index (χ1v) is 12.7. The zero-order valence-corrected chi connectivity index (χ0v) is 20.8. The number of nitrogens with zero attached hydrogens (tertiary/aromatic N) is 2. The van der Waals surface area contributed by atoms with Gasteiger partial charge in [-0.3, -0.25) is 14.4 Å². The van der Waals surface area contributed by atoms with Crippen molar-refractivity contribution in [1.29, 1.82) is 0 Å². The van der Waals surface area contributed by atoms with Gasteiger partial charge in [0.15, 0.2) is 0 Å². The number of rotatable bonds is 6. The molecule has 3 amide bonds. The minimum atomic E-state index is -1.51. The number of hydrogen-bond donors (Lipinski definition) is 1. The van der Waals surface area contributed by atoms with Crippen molar-refractivity contribution in [1.82, 2.24) is 15.1 Å². The molecule has 1 N–H and O–H groups in total. The van der Waals surface area contributed by atoms with Gasteiger partial charge in [-0.05, 0) is 48.3 Å². The molecule has 2 aromatic rings. The molecule has 2 aliphatic heterocycles. The Labute approximate surface area is 213 Å². The summed E-state index contributed by atoms with van der Waals surface area (Å²) in [5.41, 5.74) is 1.98. The second-order valence-corrected chi connectivity index (χ2v) is 10.7. The molecule has 9 heteroatoms. The van der Waals surface area contributed by atoms with Crippen molar-refractivity contribution in [3.8, 4) is 0 Å². The molecule has 6 nitrogen and oxygen atoms in total.